The van der Waals surface area contributed by atoms with E-state index in [9.17, 15) is 9.90 Å². The smallest absolute Gasteiger partial charge is 0.247 e. The van der Waals surface area contributed by atoms with Crippen LogP contribution < -0.4 is 5.73 Å². The lowest BCUT2D eigenvalue weighted by atomic mass is 9.87. The zero-order chi connectivity index (χ0) is 25.8. The molecule has 4 aromatic rings. The number of hydrogen-bond acceptors (Lipinski definition) is 6. The van der Waals surface area contributed by atoms with Crippen LogP contribution in [0.1, 0.15) is 36.7 Å². The van der Waals surface area contributed by atoms with Gasteiger partial charge in [-0.3, -0.25) is 9.20 Å². The summed E-state index contributed by atoms with van der Waals surface area (Å²) in [7, 11) is 0. The van der Waals surface area contributed by atoms with Crippen LogP contribution in [0.25, 0.3) is 16.8 Å². The Labute approximate surface area is 215 Å². The fraction of sp³-hybridized carbons (Fsp3) is 0.276. The van der Waals surface area contributed by atoms with Crippen molar-refractivity contribution in [2.45, 2.75) is 36.9 Å². The van der Waals surface area contributed by atoms with Gasteiger partial charge in [0.25, 0.3) is 0 Å². The molecule has 3 N–H and O–H groups in total. The zero-order valence-corrected chi connectivity index (χ0v) is 20.7. The number of rotatable bonds is 5. The van der Waals surface area contributed by atoms with E-state index in [1.807, 2.05) is 70.1 Å². The minimum atomic E-state index is -1.15. The van der Waals surface area contributed by atoms with Gasteiger partial charge in [0.2, 0.25) is 5.91 Å². The average molecular weight is 496 g/mol. The van der Waals surface area contributed by atoms with Crippen molar-refractivity contribution in [3.63, 3.8) is 0 Å². The minimum Gasteiger partial charge on any atom is -0.382 e. The largest absolute Gasteiger partial charge is 0.382 e. The molecule has 37 heavy (non-hydrogen) atoms. The van der Waals surface area contributed by atoms with Crippen molar-refractivity contribution in [1.82, 2.24) is 19.3 Å². The van der Waals surface area contributed by atoms with Crippen LogP contribution in [0.2, 0.25) is 0 Å². The highest BCUT2D eigenvalue weighted by atomic mass is 16.5. The van der Waals surface area contributed by atoms with E-state index in [1.54, 1.807) is 13.1 Å². The quantitative estimate of drug-likeness (QED) is 0.410. The first-order valence-electron chi connectivity index (χ1n) is 12.4. The Morgan fingerprint density at radius 2 is 1.95 bits per heavy atom. The molecule has 6 rings (SSSR count). The van der Waals surface area contributed by atoms with Crippen molar-refractivity contribution >= 4 is 17.2 Å². The van der Waals surface area contributed by atoms with Gasteiger partial charge in [0.05, 0.1) is 19.3 Å². The number of amides is 1. The van der Waals surface area contributed by atoms with Gasteiger partial charge < -0.3 is 20.5 Å². The van der Waals surface area contributed by atoms with Crippen LogP contribution in [0.5, 0.6) is 0 Å². The summed E-state index contributed by atoms with van der Waals surface area (Å²) >= 11 is 0. The molecule has 2 aromatic carbocycles. The third-order valence-electron chi connectivity index (χ3n) is 7.84. The van der Waals surface area contributed by atoms with E-state index in [0.717, 1.165) is 29.5 Å². The van der Waals surface area contributed by atoms with Crippen molar-refractivity contribution in [2.24, 2.45) is 0 Å². The number of benzene rings is 2. The Morgan fingerprint density at radius 3 is 2.68 bits per heavy atom. The summed E-state index contributed by atoms with van der Waals surface area (Å²) in [5, 5.41) is 11.3. The van der Waals surface area contributed by atoms with Crippen LogP contribution in [0.3, 0.4) is 0 Å². The molecule has 2 aliphatic heterocycles. The van der Waals surface area contributed by atoms with Gasteiger partial charge in [-0.1, -0.05) is 61.2 Å². The standard InChI is InChI=1S/C29H29N5O3/c1-3-23(35)34-22-13-14-29(34,18-37-17-22)27-32-24(25-26(30)31-15-16-33(25)27)19-9-11-21(12-10-19)28(2,36)20-7-5-4-6-8-20/h3-12,15-16,22,36H,1,13-14,17-18H2,2H3,(H2,30,31). The Balaban J connectivity index is 1.48. The predicted octanol–water partition coefficient (Wildman–Crippen LogP) is 3.64. The first-order chi connectivity index (χ1) is 17.9. The van der Waals surface area contributed by atoms with E-state index in [0.29, 0.717) is 36.1 Å². The molecule has 188 valence electrons. The van der Waals surface area contributed by atoms with Crippen molar-refractivity contribution in [1.29, 1.82) is 0 Å². The van der Waals surface area contributed by atoms with Crippen LogP contribution >= 0.6 is 0 Å². The highest BCUT2D eigenvalue weighted by molar-refractivity contribution is 5.89. The van der Waals surface area contributed by atoms with Crippen LogP contribution in [0.15, 0.2) is 79.6 Å². The molecule has 4 heterocycles. The van der Waals surface area contributed by atoms with Gasteiger partial charge in [-0.15, -0.1) is 0 Å². The molecule has 0 radical (unpaired) electrons. The molecule has 2 bridgehead atoms. The van der Waals surface area contributed by atoms with Gasteiger partial charge in [0.1, 0.15) is 34.0 Å². The molecule has 3 atom stereocenters. The number of anilines is 1. The second kappa shape index (κ2) is 8.54. The second-order valence-corrected chi connectivity index (χ2v) is 9.98. The van der Waals surface area contributed by atoms with Gasteiger partial charge in [-0.05, 0) is 37.0 Å². The fourth-order valence-electron chi connectivity index (χ4n) is 5.92. The van der Waals surface area contributed by atoms with E-state index in [2.05, 4.69) is 11.6 Å². The van der Waals surface area contributed by atoms with Crippen molar-refractivity contribution in [3.8, 4) is 11.3 Å². The number of imidazole rings is 1. The van der Waals surface area contributed by atoms with Crippen molar-refractivity contribution < 1.29 is 14.6 Å². The number of nitrogen functional groups attached to an aromatic ring is 1. The highest BCUT2D eigenvalue weighted by Gasteiger charge is 2.55. The zero-order valence-electron chi connectivity index (χ0n) is 20.7. The number of nitrogens with zero attached hydrogens (tertiary/aromatic N) is 4. The summed E-state index contributed by atoms with van der Waals surface area (Å²) in [5.41, 5.74) is 8.27. The fourth-order valence-corrected chi connectivity index (χ4v) is 5.92. The van der Waals surface area contributed by atoms with E-state index in [1.165, 1.54) is 6.08 Å². The summed E-state index contributed by atoms with van der Waals surface area (Å²) in [6, 6.07) is 17.2. The first-order valence-corrected chi connectivity index (χ1v) is 12.4. The molecule has 2 saturated heterocycles. The molecule has 2 fully saturated rings. The van der Waals surface area contributed by atoms with Crippen molar-refractivity contribution in [2.75, 3.05) is 18.9 Å². The van der Waals surface area contributed by atoms with Gasteiger partial charge in [-0.2, -0.15) is 0 Å². The number of carbonyl (C=O) groups is 1. The van der Waals surface area contributed by atoms with E-state index in [4.69, 9.17) is 15.5 Å². The lowest BCUT2D eigenvalue weighted by molar-refractivity contribution is -0.146. The number of carbonyl (C=O) groups excluding carboxylic acids is 1. The average Bonchev–Trinajstić information content (AvgIpc) is 3.43. The van der Waals surface area contributed by atoms with Gasteiger partial charge in [0, 0.05) is 18.0 Å². The Bertz CT molecular complexity index is 1490. The molecule has 0 aliphatic carbocycles. The number of morpholine rings is 1. The first kappa shape index (κ1) is 23.4. The lowest BCUT2D eigenvalue weighted by Gasteiger charge is -2.43. The molecule has 8 heteroatoms. The number of hydrogen-bond donors (Lipinski definition) is 2. The van der Waals surface area contributed by atoms with Crippen LogP contribution in [0.4, 0.5) is 5.82 Å². The number of fused-ring (bicyclic) bond motifs is 3. The van der Waals surface area contributed by atoms with Gasteiger partial charge >= 0.3 is 0 Å². The van der Waals surface area contributed by atoms with Crippen LogP contribution in [-0.2, 0) is 20.7 Å². The van der Waals surface area contributed by atoms with Gasteiger partial charge in [-0.25, -0.2) is 9.97 Å². The summed E-state index contributed by atoms with van der Waals surface area (Å²) in [5.74, 6) is 0.920. The molecule has 2 aliphatic rings. The van der Waals surface area contributed by atoms with Crippen molar-refractivity contribution in [3.05, 3.63) is 96.6 Å². The van der Waals surface area contributed by atoms with Gasteiger partial charge in [0.15, 0.2) is 0 Å². The molecule has 0 spiro atoms. The molecular weight excluding hydrogens is 466 g/mol. The Hall–Kier alpha value is -4.01. The summed E-state index contributed by atoms with van der Waals surface area (Å²) in [6.07, 6.45) is 6.40. The highest BCUT2D eigenvalue weighted by Crippen LogP contribution is 2.46. The minimum absolute atomic E-state index is 0.0197. The molecule has 3 unspecified atom stereocenters. The lowest BCUT2D eigenvalue weighted by Crippen LogP contribution is -2.56. The maximum atomic E-state index is 13.0. The monoisotopic (exact) mass is 495 g/mol. The molecule has 2 aromatic heterocycles. The second-order valence-electron chi connectivity index (χ2n) is 9.98. The number of ether oxygens (including phenoxy) is 1. The summed E-state index contributed by atoms with van der Waals surface area (Å²) < 4.78 is 7.91. The molecule has 1 amide bonds. The molecule has 0 saturated carbocycles. The number of aromatic nitrogens is 3. The van der Waals surface area contributed by atoms with E-state index in [-0.39, 0.29) is 11.9 Å². The van der Waals surface area contributed by atoms with Crippen LogP contribution in [-0.4, -0.2) is 49.5 Å². The summed E-state index contributed by atoms with van der Waals surface area (Å²) in [6.45, 7) is 6.37. The van der Waals surface area contributed by atoms with Crippen LogP contribution in [0, 0.1) is 0 Å². The predicted molar refractivity (Wildman–Crippen MR) is 141 cm³/mol. The Kier molecular flexibility index (Phi) is 5.40. The molecular formula is C29H29N5O3. The summed E-state index contributed by atoms with van der Waals surface area (Å²) in [4.78, 5) is 24.3. The van der Waals surface area contributed by atoms with E-state index >= 15 is 0 Å². The topological polar surface area (TPSA) is 106 Å². The maximum Gasteiger partial charge on any atom is 0.247 e. The SMILES string of the molecule is C=CC(=O)N1C2CCC1(c1nc(-c3ccc(C(C)(O)c4ccccc4)cc3)c3c(N)nccn13)COC2. The number of nitrogens with two attached hydrogens (primary N) is 1. The molecule has 8 nitrogen and oxygen atoms in total. The third-order valence-corrected chi connectivity index (χ3v) is 7.84. The van der Waals surface area contributed by atoms with E-state index < -0.39 is 11.1 Å². The third kappa shape index (κ3) is 3.48. The maximum absolute atomic E-state index is 13.0. The Morgan fingerprint density at radius 1 is 1.22 bits per heavy atom. The number of aliphatic hydroxyl groups is 1. The normalized spacial score (nSPS) is 22.6.